The van der Waals surface area contributed by atoms with E-state index in [0.29, 0.717) is 33.8 Å². The number of thiazole rings is 1. The van der Waals surface area contributed by atoms with Crippen molar-refractivity contribution in [3.63, 3.8) is 0 Å². The first-order valence-electron chi connectivity index (χ1n) is 11.8. The van der Waals surface area contributed by atoms with Crippen LogP contribution in [0.3, 0.4) is 0 Å². The number of nitriles is 1. The Kier molecular flexibility index (Phi) is 7.63. The number of benzene rings is 1. The van der Waals surface area contributed by atoms with E-state index in [2.05, 4.69) is 33.4 Å². The third-order valence-corrected chi connectivity index (χ3v) is 7.32. The van der Waals surface area contributed by atoms with E-state index in [9.17, 15) is 10.1 Å². The Labute approximate surface area is 198 Å². The van der Waals surface area contributed by atoms with E-state index < -0.39 is 0 Å². The minimum atomic E-state index is -0.120. The standard InChI is InChI=1S/C25H31N5O2S/c1-3-19-17-32-23(28-19)21(15-26)25-30(4-2)24(31)22(33-25)16-27-20-9-7-18(8-10-20)11-14-29-12-5-6-13-29/h7-10,16,19,27H,3-6,11-14,17H2,1-2H3/b22-16+,25-21-/t19-/m0/s1. The van der Waals surface area contributed by atoms with Crippen molar-refractivity contribution in [1.82, 2.24) is 9.47 Å². The summed E-state index contributed by atoms with van der Waals surface area (Å²) >= 11 is 1.29. The van der Waals surface area contributed by atoms with Crippen molar-refractivity contribution < 1.29 is 4.74 Å². The normalized spacial score (nSPS) is 19.8. The molecule has 1 aromatic heterocycles. The second kappa shape index (κ2) is 10.8. The van der Waals surface area contributed by atoms with E-state index in [4.69, 9.17) is 4.74 Å². The van der Waals surface area contributed by atoms with Crippen LogP contribution in [0.2, 0.25) is 0 Å². The van der Waals surface area contributed by atoms with Gasteiger partial charge in [-0.2, -0.15) is 5.26 Å². The van der Waals surface area contributed by atoms with Gasteiger partial charge in [0.2, 0.25) is 5.90 Å². The summed E-state index contributed by atoms with van der Waals surface area (Å²) in [7, 11) is 0. The lowest BCUT2D eigenvalue weighted by atomic mass is 10.1. The van der Waals surface area contributed by atoms with Crippen molar-refractivity contribution >= 4 is 34.7 Å². The molecule has 8 heteroatoms. The number of nitrogens with zero attached hydrogens (tertiary/aromatic N) is 4. The Morgan fingerprint density at radius 3 is 2.70 bits per heavy atom. The van der Waals surface area contributed by atoms with E-state index >= 15 is 0 Å². The Bertz CT molecular complexity index is 1210. The van der Waals surface area contributed by atoms with Crippen molar-refractivity contribution in [1.29, 1.82) is 5.26 Å². The predicted octanol–water partition coefficient (Wildman–Crippen LogP) is 2.30. The number of anilines is 1. The van der Waals surface area contributed by atoms with Crippen LogP contribution in [0.1, 0.15) is 38.7 Å². The Morgan fingerprint density at radius 2 is 2.06 bits per heavy atom. The number of ether oxygens (including phenoxy) is 1. The van der Waals surface area contributed by atoms with Gasteiger partial charge in [0.1, 0.15) is 27.4 Å². The highest BCUT2D eigenvalue weighted by atomic mass is 32.1. The Hall–Kier alpha value is -2.89. The zero-order chi connectivity index (χ0) is 23.2. The fourth-order valence-corrected chi connectivity index (χ4v) is 5.23. The predicted molar refractivity (Wildman–Crippen MR) is 134 cm³/mol. The zero-order valence-corrected chi connectivity index (χ0v) is 20.2. The highest BCUT2D eigenvalue weighted by molar-refractivity contribution is 7.07. The average Bonchev–Trinajstić information content (AvgIpc) is 3.59. The molecule has 4 rings (SSSR count). The number of likely N-dealkylation sites (tertiary alicyclic amines) is 1. The van der Waals surface area contributed by atoms with Crippen LogP contribution in [0, 0.1) is 11.3 Å². The smallest absolute Gasteiger partial charge is 0.270 e. The largest absolute Gasteiger partial charge is 0.475 e. The zero-order valence-electron chi connectivity index (χ0n) is 19.3. The first kappa shape index (κ1) is 23.3. The highest BCUT2D eigenvalue weighted by Gasteiger charge is 2.22. The van der Waals surface area contributed by atoms with Gasteiger partial charge < -0.3 is 15.0 Å². The molecule has 0 bridgehead atoms. The van der Waals surface area contributed by atoms with Crippen LogP contribution in [0.25, 0.3) is 11.8 Å². The molecule has 2 aromatic rings. The summed E-state index contributed by atoms with van der Waals surface area (Å²) < 4.78 is 8.41. The second-order valence-electron chi connectivity index (χ2n) is 8.40. The number of rotatable bonds is 8. The summed E-state index contributed by atoms with van der Waals surface area (Å²) in [6, 6.07) is 10.6. The van der Waals surface area contributed by atoms with Crippen LogP contribution in [0.15, 0.2) is 34.1 Å². The first-order valence-corrected chi connectivity index (χ1v) is 12.6. The molecule has 174 valence electrons. The first-order chi connectivity index (χ1) is 16.1. The molecule has 7 nitrogen and oxygen atoms in total. The van der Waals surface area contributed by atoms with Gasteiger partial charge in [0.15, 0.2) is 0 Å². The van der Waals surface area contributed by atoms with Crippen molar-refractivity contribution in [2.24, 2.45) is 4.99 Å². The van der Waals surface area contributed by atoms with Gasteiger partial charge in [0, 0.05) is 25.0 Å². The molecule has 1 aromatic carbocycles. The lowest BCUT2D eigenvalue weighted by Gasteiger charge is -2.14. The topological polar surface area (TPSA) is 82.6 Å². The summed E-state index contributed by atoms with van der Waals surface area (Å²) in [6.45, 7) is 8.44. The van der Waals surface area contributed by atoms with Gasteiger partial charge in [-0.1, -0.05) is 19.1 Å². The minimum Gasteiger partial charge on any atom is -0.475 e. The molecule has 0 amide bonds. The molecule has 1 saturated heterocycles. The van der Waals surface area contributed by atoms with E-state index in [1.165, 1.54) is 42.8 Å². The monoisotopic (exact) mass is 465 g/mol. The van der Waals surface area contributed by atoms with Crippen LogP contribution in [-0.2, 0) is 17.7 Å². The SMILES string of the molecule is CC[C@H]1COC(/C(C#N)=c2\s/c(=C/Nc3ccc(CCN4CCCC4)cc3)c(=O)n2CC)=N1. The van der Waals surface area contributed by atoms with Crippen molar-refractivity contribution in [2.75, 3.05) is 31.6 Å². The molecule has 0 aliphatic carbocycles. The third kappa shape index (κ3) is 5.37. The molecule has 0 saturated carbocycles. The number of nitrogens with one attached hydrogen (secondary N) is 1. The average molecular weight is 466 g/mol. The Morgan fingerprint density at radius 1 is 1.30 bits per heavy atom. The molecule has 1 N–H and O–H groups in total. The summed E-state index contributed by atoms with van der Waals surface area (Å²) in [4.78, 5) is 20.0. The lowest BCUT2D eigenvalue weighted by molar-refractivity contribution is 0.317. The summed E-state index contributed by atoms with van der Waals surface area (Å²) in [5.41, 5.74) is 2.45. The van der Waals surface area contributed by atoms with E-state index in [0.717, 1.165) is 25.1 Å². The maximum absolute atomic E-state index is 13.0. The van der Waals surface area contributed by atoms with E-state index in [-0.39, 0.29) is 11.6 Å². The molecule has 2 aliphatic rings. The molecule has 3 heterocycles. The molecule has 33 heavy (non-hydrogen) atoms. The number of aromatic nitrogens is 1. The molecular formula is C25H31N5O2S. The summed E-state index contributed by atoms with van der Waals surface area (Å²) in [5, 5.41) is 13.0. The molecule has 0 spiro atoms. The van der Waals surface area contributed by atoms with Gasteiger partial charge >= 0.3 is 0 Å². The minimum absolute atomic E-state index is 0.0659. The number of hydrogen-bond donors (Lipinski definition) is 1. The van der Waals surface area contributed by atoms with Gasteiger partial charge in [-0.05, 0) is 63.4 Å². The van der Waals surface area contributed by atoms with Crippen LogP contribution in [0.5, 0.6) is 0 Å². The fraction of sp³-hybridized carbons (Fsp3) is 0.480. The van der Waals surface area contributed by atoms with Crippen molar-refractivity contribution in [2.45, 2.75) is 52.1 Å². The molecule has 1 fully saturated rings. The van der Waals surface area contributed by atoms with Crippen LogP contribution >= 0.6 is 11.3 Å². The van der Waals surface area contributed by atoms with E-state index in [1.54, 1.807) is 10.8 Å². The highest BCUT2D eigenvalue weighted by Crippen LogP contribution is 2.14. The maximum Gasteiger partial charge on any atom is 0.270 e. The lowest BCUT2D eigenvalue weighted by Crippen LogP contribution is -2.32. The molecule has 1 atom stereocenters. The van der Waals surface area contributed by atoms with Gasteiger partial charge in [-0.25, -0.2) is 4.99 Å². The Balaban J connectivity index is 1.55. The molecule has 0 unspecified atom stereocenters. The van der Waals surface area contributed by atoms with Gasteiger partial charge in [0.05, 0.1) is 6.04 Å². The fourth-order valence-electron chi connectivity index (χ4n) is 4.15. The molecule has 2 aliphatic heterocycles. The molecular weight excluding hydrogens is 434 g/mol. The number of hydrogen-bond acceptors (Lipinski definition) is 7. The van der Waals surface area contributed by atoms with Crippen LogP contribution < -0.4 is 20.1 Å². The number of aliphatic imine (C=N–C) groups is 1. The van der Waals surface area contributed by atoms with E-state index in [1.807, 2.05) is 26.0 Å². The third-order valence-electron chi connectivity index (χ3n) is 6.19. The van der Waals surface area contributed by atoms with Gasteiger partial charge in [-0.15, -0.1) is 11.3 Å². The quantitative estimate of drug-likeness (QED) is 0.647. The van der Waals surface area contributed by atoms with Gasteiger partial charge in [-0.3, -0.25) is 9.36 Å². The van der Waals surface area contributed by atoms with Crippen molar-refractivity contribution in [3.8, 4) is 6.07 Å². The van der Waals surface area contributed by atoms with Crippen LogP contribution in [-0.4, -0.2) is 47.6 Å². The summed E-state index contributed by atoms with van der Waals surface area (Å²) in [5.74, 6) is 0.344. The molecule has 0 radical (unpaired) electrons. The maximum atomic E-state index is 13.0. The summed E-state index contributed by atoms with van der Waals surface area (Å²) in [6.07, 6.45) is 6.27. The van der Waals surface area contributed by atoms with Crippen LogP contribution in [0.4, 0.5) is 5.69 Å². The van der Waals surface area contributed by atoms with Gasteiger partial charge in [0.25, 0.3) is 5.56 Å². The second-order valence-corrected chi connectivity index (χ2v) is 9.43. The van der Waals surface area contributed by atoms with Crippen molar-refractivity contribution in [3.05, 3.63) is 49.4 Å².